The molecule has 15 heavy (non-hydrogen) atoms. The highest BCUT2D eigenvalue weighted by Crippen LogP contribution is 2.13. The quantitative estimate of drug-likeness (QED) is 0.724. The molecule has 0 radical (unpaired) electrons. The van der Waals surface area contributed by atoms with Gasteiger partial charge in [0.25, 0.3) is 0 Å². The lowest BCUT2D eigenvalue weighted by Crippen LogP contribution is -2.10. The minimum absolute atomic E-state index is 0.106. The molecule has 86 valence electrons. The highest BCUT2D eigenvalue weighted by molar-refractivity contribution is 7.91. The summed E-state index contributed by atoms with van der Waals surface area (Å²) in [6.45, 7) is 1.61. The Morgan fingerprint density at radius 2 is 2.33 bits per heavy atom. The average molecular weight is 233 g/mol. The molecule has 1 heterocycles. The molecule has 0 aromatic carbocycles. The number of hydrogen-bond acceptors (Lipinski definition) is 5. The Bertz CT molecular complexity index is 374. The number of sulfone groups is 1. The van der Waals surface area contributed by atoms with E-state index < -0.39 is 15.9 Å². The first-order valence-electron chi connectivity index (χ1n) is 4.79. The summed E-state index contributed by atoms with van der Waals surface area (Å²) < 4.78 is 22.3. The first-order valence-corrected chi connectivity index (χ1v) is 6.61. The number of nitrogens with one attached hydrogen (secondary N) is 1. The molecule has 1 aromatic rings. The van der Waals surface area contributed by atoms with Gasteiger partial charge in [-0.15, -0.1) is 0 Å². The van der Waals surface area contributed by atoms with E-state index in [9.17, 15) is 13.5 Å². The van der Waals surface area contributed by atoms with Gasteiger partial charge >= 0.3 is 0 Å². The van der Waals surface area contributed by atoms with E-state index in [2.05, 4.69) is 15.2 Å². The maximum atomic E-state index is 11.1. The maximum Gasteiger partial charge on any atom is 0.153 e. The highest BCUT2D eigenvalue weighted by Gasteiger charge is 2.13. The lowest BCUT2D eigenvalue weighted by atomic mass is 10.2. The monoisotopic (exact) mass is 233 g/mol. The molecule has 1 rings (SSSR count). The van der Waals surface area contributed by atoms with E-state index in [0.29, 0.717) is 18.7 Å². The second-order valence-corrected chi connectivity index (χ2v) is 5.74. The fourth-order valence-corrected chi connectivity index (χ4v) is 2.05. The molecule has 0 aliphatic carbocycles. The molecule has 0 spiro atoms. The van der Waals surface area contributed by atoms with E-state index in [1.54, 1.807) is 6.92 Å². The number of aromatic nitrogens is 3. The Kier molecular flexibility index (Phi) is 4.22. The molecule has 0 saturated heterocycles. The molecular weight excluding hydrogens is 218 g/mol. The lowest BCUT2D eigenvalue weighted by Gasteiger charge is -2.06. The zero-order chi connectivity index (χ0) is 11.3. The van der Waals surface area contributed by atoms with Gasteiger partial charge < -0.3 is 5.11 Å². The molecule has 0 bridgehead atoms. The first-order chi connectivity index (χ1) is 7.05. The summed E-state index contributed by atoms with van der Waals surface area (Å²) in [5.41, 5.74) is 0. The van der Waals surface area contributed by atoms with E-state index >= 15 is 0 Å². The lowest BCUT2D eigenvalue weighted by molar-refractivity contribution is 0.157. The van der Waals surface area contributed by atoms with Crippen molar-refractivity contribution in [1.82, 2.24) is 15.2 Å². The van der Waals surface area contributed by atoms with Gasteiger partial charge in [0, 0.05) is 5.75 Å². The van der Waals surface area contributed by atoms with Crippen molar-refractivity contribution in [2.75, 3.05) is 11.5 Å². The smallest absolute Gasteiger partial charge is 0.153 e. The molecule has 0 amide bonds. The molecule has 0 aliphatic heterocycles. The Balaban J connectivity index is 2.33. The summed E-state index contributed by atoms with van der Waals surface area (Å²) in [6, 6.07) is 0. The molecule has 6 nitrogen and oxygen atoms in total. The van der Waals surface area contributed by atoms with Gasteiger partial charge in [-0.25, -0.2) is 13.4 Å². The molecule has 0 saturated carbocycles. The van der Waals surface area contributed by atoms with Crippen molar-refractivity contribution in [3.63, 3.8) is 0 Å². The van der Waals surface area contributed by atoms with Crippen LogP contribution in [0.25, 0.3) is 0 Å². The van der Waals surface area contributed by atoms with Crippen LogP contribution in [-0.2, 0) is 9.84 Å². The van der Waals surface area contributed by atoms with Crippen LogP contribution < -0.4 is 0 Å². The van der Waals surface area contributed by atoms with Crippen LogP contribution in [-0.4, -0.2) is 40.2 Å². The SMILES string of the molecule is CCS(=O)(=O)CCCC(O)c1ncn[nH]1. The summed E-state index contributed by atoms with van der Waals surface area (Å²) in [5.74, 6) is 0.629. The molecule has 7 heteroatoms. The van der Waals surface area contributed by atoms with Gasteiger partial charge in [-0.1, -0.05) is 6.92 Å². The van der Waals surface area contributed by atoms with Gasteiger partial charge in [0.15, 0.2) is 5.82 Å². The van der Waals surface area contributed by atoms with Crippen molar-refractivity contribution < 1.29 is 13.5 Å². The van der Waals surface area contributed by atoms with Crippen LogP contribution in [0, 0.1) is 0 Å². The molecule has 2 N–H and O–H groups in total. The number of aromatic amines is 1. The Morgan fingerprint density at radius 1 is 1.60 bits per heavy atom. The van der Waals surface area contributed by atoms with E-state index in [-0.39, 0.29) is 11.5 Å². The Hall–Kier alpha value is -0.950. The van der Waals surface area contributed by atoms with E-state index in [1.165, 1.54) is 6.33 Å². The zero-order valence-corrected chi connectivity index (χ0v) is 9.37. The molecule has 1 aromatic heterocycles. The van der Waals surface area contributed by atoms with Gasteiger partial charge in [0.2, 0.25) is 0 Å². The molecular formula is C8H15N3O3S. The summed E-state index contributed by atoms with van der Waals surface area (Å²) in [4.78, 5) is 3.79. The largest absolute Gasteiger partial charge is 0.385 e. The molecule has 1 atom stereocenters. The van der Waals surface area contributed by atoms with Crippen LogP contribution >= 0.6 is 0 Å². The normalized spacial score (nSPS) is 14.0. The van der Waals surface area contributed by atoms with Crippen molar-refractivity contribution in [2.45, 2.75) is 25.9 Å². The second kappa shape index (κ2) is 5.22. The van der Waals surface area contributed by atoms with E-state index in [4.69, 9.17) is 0 Å². The number of rotatable bonds is 6. The first kappa shape index (κ1) is 12.1. The number of nitrogens with zero attached hydrogens (tertiary/aromatic N) is 2. The van der Waals surface area contributed by atoms with E-state index in [0.717, 1.165) is 0 Å². The van der Waals surface area contributed by atoms with Crippen molar-refractivity contribution in [1.29, 1.82) is 0 Å². The Labute approximate surface area is 88.7 Å². The van der Waals surface area contributed by atoms with Gasteiger partial charge in [0.05, 0.1) is 5.75 Å². The van der Waals surface area contributed by atoms with Crippen molar-refractivity contribution in [3.8, 4) is 0 Å². The summed E-state index contributed by atoms with van der Waals surface area (Å²) >= 11 is 0. The van der Waals surface area contributed by atoms with Gasteiger partial charge in [0.1, 0.15) is 22.3 Å². The summed E-state index contributed by atoms with van der Waals surface area (Å²) in [7, 11) is -2.94. The number of H-pyrrole nitrogens is 1. The minimum Gasteiger partial charge on any atom is -0.385 e. The van der Waals surface area contributed by atoms with E-state index in [1.807, 2.05) is 0 Å². The van der Waals surface area contributed by atoms with Gasteiger partial charge in [-0.3, -0.25) is 5.10 Å². The van der Waals surface area contributed by atoms with Crippen LogP contribution in [0.4, 0.5) is 0 Å². The Morgan fingerprint density at radius 3 is 2.87 bits per heavy atom. The summed E-state index contributed by atoms with van der Waals surface area (Å²) in [5, 5.41) is 15.7. The van der Waals surface area contributed by atoms with Crippen molar-refractivity contribution in [2.24, 2.45) is 0 Å². The van der Waals surface area contributed by atoms with Gasteiger partial charge in [-0.2, -0.15) is 5.10 Å². The molecule has 0 aliphatic rings. The third-order valence-electron chi connectivity index (χ3n) is 2.12. The van der Waals surface area contributed by atoms with Crippen LogP contribution in [0.15, 0.2) is 6.33 Å². The second-order valence-electron chi connectivity index (χ2n) is 3.27. The topological polar surface area (TPSA) is 95.9 Å². The third kappa shape index (κ3) is 3.96. The predicted molar refractivity (Wildman–Crippen MR) is 54.9 cm³/mol. The highest BCUT2D eigenvalue weighted by atomic mass is 32.2. The van der Waals surface area contributed by atoms with Crippen LogP contribution in [0.2, 0.25) is 0 Å². The molecule has 1 unspecified atom stereocenters. The fraction of sp³-hybridized carbons (Fsp3) is 0.750. The summed E-state index contributed by atoms with van der Waals surface area (Å²) in [6.07, 6.45) is 1.34. The van der Waals surface area contributed by atoms with Crippen molar-refractivity contribution >= 4 is 9.84 Å². The standard InChI is InChI=1S/C8H15N3O3S/c1-2-15(13,14)5-3-4-7(12)8-9-6-10-11-8/h6-7,12H,2-5H2,1H3,(H,9,10,11). The van der Waals surface area contributed by atoms with Crippen molar-refractivity contribution in [3.05, 3.63) is 12.2 Å². The predicted octanol–water partition coefficient (Wildman–Crippen LogP) is 0.0530. The van der Waals surface area contributed by atoms with Gasteiger partial charge in [-0.05, 0) is 12.8 Å². The van der Waals surface area contributed by atoms with Crippen LogP contribution in [0.3, 0.4) is 0 Å². The molecule has 0 fully saturated rings. The third-order valence-corrected chi connectivity index (χ3v) is 3.91. The zero-order valence-electron chi connectivity index (χ0n) is 8.55. The number of aliphatic hydroxyl groups is 1. The number of aliphatic hydroxyl groups excluding tert-OH is 1. The minimum atomic E-state index is -2.94. The van der Waals surface area contributed by atoms with Crippen LogP contribution in [0.5, 0.6) is 0 Å². The maximum absolute atomic E-state index is 11.1. The number of hydrogen-bond donors (Lipinski definition) is 2. The average Bonchev–Trinajstić information content (AvgIpc) is 2.70. The van der Waals surface area contributed by atoms with Crippen LogP contribution in [0.1, 0.15) is 31.7 Å². The fourth-order valence-electron chi connectivity index (χ4n) is 1.15.